The number of halogens is 1. The lowest BCUT2D eigenvalue weighted by Gasteiger charge is -2.12. The summed E-state index contributed by atoms with van der Waals surface area (Å²) in [5, 5.41) is 22.1. The molecule has 13 heteroatoms. The van der Waals surface area contributed by atoms with Gasteiger partial charge in [-0.05, 0) is 78.0 Å². The van der Waals surface area contributed by atoms with Gasteiger partial charge in [-0.25, -0.2) is 4.39 Å². The van der Waals surface area contributed by atoms with Crippen molar-refractivity contribution in [3.05, 3.63) is 129 Å². The molecule has 1 aliphatic heterocycles. The number of nitrogens with one attached hydrogen (secondary N) is 1. The van der Waals surface area contributed by atoms with Crippen LogP contribution in [-0.4, -0.2) is 39.6 Å². The van der Waals surface area contributed by atoms with Crippen LogP contribution < -0.4 is 10.1 Å². The molecule has 1 aliphatic rings. The number of rotatable bonds is 10. The topological polar surface area (TPSA) is 140 Å². The zero-order chi connectivity index (χ0) is 30.2. The van der Waals surface area contributed by atoms with E-state index in [1.54, 1.807) is 42.5 Å². The first-order chi connectivity index (χ1) is 20.9. The van der Waals surface area contributed by atoms with E-state index in [9.17, 15) is 24.1 Å². The fraction of sp³-hybridized carbons (Fsp3) is 0.0667. The summed E-state index contributed by atoms with van der Waals surface area (Å²) in [7, 11) is 0. The summed E-state index contributed by atoms with van der Waals surface area (Å²) < 4.78 is 24.3. The lowest BCUT2D eigenvalue weighted by atomic mass is 10.2. The number of nitro benzene ring substituents is 1. The Morgan fingerprint density at radius 2 is 1.84 bits per heavy atom. The van der Waals surface area contributed by atoms with Crippen molar-refractivity contribution in [2.24, 2.45) is 10.2 Å². The summed E-state index contributed by atoms with van der Waals surface area (Å²) in [6.45, 7) is -0.197. The fourth-order valence-electron chi connectivity index (χ4n) is 3.85. The zero-order valence-electron chi connectivity index (χ0n) is 22.3. The van der Waals surface area contributed by atoms with E-state index < -0.39 is 16.6 Å². The molecule has 0 bridgehead atoms. The molecule has 2 amide bonds. The molecule has 3 aromatic carbocycles. The molecular formula is C30H22FN5O6S. The second-order valence-corrected chi connectivity index (χ2v) is 9.95. The molecule has 1 N–H and O–H groups in total. The number of thioether (sulfide) groups is 1. The molecule has 4 aromatic rings. The van der Waals surface area contributed by atoms with Gasteiger partial charge in [-0.15, -0.1) is 5.10 Å². The van der Waals surface area contributed by atoms with E-state index in [-0.39, 0.29) is 24.7 Å². The highest BCUT2D eigenvalue weighted by Crippen LogP contribution is 2.35. The maximum Gasteiger partial charge on any atom is 0.269 e. The number of nitrogens with zero attached hydrogens (tertiary/aromatic N) is 4. The Hall–Kier alpha value is -5.56. The first kappa shape index (κ1) is 29.0. The summed E-state index contributed by atoms with van der Waals surface area (Å²) in [5.74, 6) is -0.280. The molecule has 0 aliphatic carbocycles. The molecule has 43 heavy (non-hydrogen) atoms. The number of para-hydroxylation sites is 1. The van der Waals surface area contributed by atoms with Gasteiger partial charge >= 0.3 is 0 Å². The summed E-state index contributed by atoms with van der Waals surface area (Å²) in [4.78, 5) is 38.0. The SMILES string of the molecule is O=C(COc1ccccc1/C=C1\S/C(=N\N=C\c2ccc([N+](=O)[O-])cc2)N(Cc2ccco2)C1=O)Nc1ccc(F)cc1. The van der Waals surface area contributed by atoms with Crippen molar-refractivity contribution in [3.8, 4) is 5.75 Å². The van der Waals surface area contributed by atoms with Gasteiger partial charge in [-0.1, -0.05) is 18.2 Å². The minimum atomic E-state index is -0.492. The average Bonchev–Trinajstić information content (AvgIpc) is 3.62. The van der Waals surface area contributed by atoms with E-state index in [1.165, 1.54) is 65.9 Å². The van der Waals surface area contributed by atoms with Crippen molar-refractivity contribution in [1.29, 1.82) is 0 Å². The van der Waals surface area contributed by atoms with Crippen molar-refractivity contribution in [3.63, 3.8) is 0 Å². The van der Waals surface area contributed by atoms with Gasteiger partial charge in [-0.2, -0.15) is 5.10 Å². The molecule has 0 atom stereocenters. The third kappa shape index (κ3) is 7.59. The lowest BCUT2D eigenvalue weighted by Crippen LogP contribution is -2.28. The number of anilines is 1. The number of ether oxygens (including phenoxy) is 1. The van der Waals surface area contributed by atoms with Gasteiger partial charge in [0.1, 0.15) is 17.3 Å². The highest BCUT2D eigenvalue weighted by atomic mass is 32.2. The largest absolute Gasteiger partial charge is 0.483 e. The number of non-ortho nitro benzene ring substituents is 1. The summed E-state index contributed by atoms with van der Waals surface area (Å²) in [5.41, 5.74) is 1.53. The molecule has 1 aromatic heterocycles. The number of hydrogen-bond acceptors (Lipinski definition) is 9. The molecule has 0 spiro atoms. The molecule has 1 saturated heterocycles. The third-order valence-corrected chi connectivity index (χ3v) is 6.93. The van der Waals surface area contributed by atoms with Crippen LogP contribution in [0.1, 0.15) is 16.9 Å². The zero-order valence-corrected chi connectivity index (χ0v) is 23.1. The number of furan rings is 1. The quantitative estimate of drug-likeness (QED) is 0.104. The third-order valence-electron chi connectivity index (χ3n) is 5.93. The number of benzene rings is 3. The maximum atomic E-state index is 13.5. The Balaban J connectivity index is 1.33. The van der Waals surface area contributed by atoms with E-state index in [0.29, 0.717) is 38.4 Å². The number of hydrogen-bond donors (Lipinski definition) is 1. The standard InChI is InChI=1S/C30H22FN5O6S/c31-22-9-11-23(12-10-22)33-28(37)19-42-26-6-2-1-4-21(26)16-27-29(38)35(18-25-5-3-15-41-25)30(43-27)34-32-17-20-7-13-24(14-8-20)36(39)40/h1-17H,18-19H2,(H,33,37)/b27-16-,32-17+,34-30-. The maximum absolute atomic E-state index is 13.5. The van der Waals surface area contributed by atoms with Crippen LogP contribution in [0.4, 0.5) is 15.8 Å². The number of carbonyl (C=O) groups is 2. The van der Waals surface area contributed by atoms with E-state index in [4.69, 9.17) is 9.15 Å². The van der Waals surface area contributed by atoms with Crippen molar-refractivity contribution in [2.75, 3.05) is 11.9 Å². The predicted molar refractivity (Wildman–Crippen MR) is 160 cm³/mol. The highest BCUT2D eigenvalue weighted by molar-refractivity contribution is 8.18. The normalized spacial score (nSPS) is 15.0. The van der Waals surface area contributed by atoms with Gasteiger partial charge in [-0.3, -0.25) is 24.6 Å². The van der Waals surface area contributed by atoms with E-state index in [0.717, 1.165) is 11.8 Å². The molecule has 11 nitrogen and oxygen atoms in total. The first-order valence-electron chi connectivity index (χ1n) is 12.7. The van der Waals surface area contributed by atoms with Crippen LogP contribution in [0.2, 0.25) is 0 Å². The van der Waals surface area contributed by atoms with Gasteiger partial charge in [0.05, 0.1) is 28.9 Å². The molecule has 0 unspecified atom stereocenters. The van der Waals surface area contributed by atoms with Crippen molar-refractivity contribution < 1.29 is 28.1 Å². The van der Waals surface area contributed by atoms with Gasteiger partial charge in [0, 0.05) is 23.4 Å². The van der Waals surface area contributed by atoms with Crippen LogP contribution in [0.15, 0.2) is 111 Å². The summed E-state index contributed by atoms with van der Waals surface area (Å²) in [6.07, 6.45) is 4.57. The molecule has 0 saturated carbocycles. The van der Waals surface area contributed by atoms with Crippen LogP contribution in [0, 0.1) is 15.9 Å². The smallest absolute Gasteiger partial charge is 0.269 e. The number of carbonyl (C=O) groups excluding carboxylic acids is 2. The van der Waals surface area contributed by atoms with Crippen LogP contribution in [-0.2, 0) is 16.1 Å². The molecular weight excluding hydrogens is 577 g/mol. The van der Waals surface area contributed by atoms with E-state index >= 15 is 0 Å². The van der Waals surface area contributed by atoms with Crippen molar-refractivity contribution in [1.82, 2.24) is 4.90 Å². The number of nitro groups is 1. The van der Waals surface area contributed by atoms with Crippen LogP contribution in [0.5, 0.6) is 5.75 Å². The van der Waals surface area contributed by atoms with Gasteiger partial charge in [0.15, 0.2) is 11.8 Å². The molecule has 2 heterocycles. The van der Waals surface area contributed by atoms with Gasteiger partial charge in [0.25, 0.3) is 17.5 Å². The molecule has 0 radical (unpaired) electrons. The predicted octanol–water partition coefficient (Wildman–Crippen LogP) is 5.85. The Labute approximate surface area is 248 Å². The second-order valence-electron chi connectivity index (χ2n) is 8.94. The number of amides is 2. The fourth-order valence-corrected chi connectivity index (χ4v) is 4.78. The lowest BCUT2D eigenvalue weighted by molar-refractivity contribution is -0.384. The van der Waals surface area contributed by atoms with Crippen molar-refractivity contribution >= 4 is 52.4 Å². The van der Waals surface area contributed by atoms with Gasteiger partial charge in [0.2, 0.25) is 0 Å². The van der Waals surface area contributed by atoms with Gasteiger partial charge < -0.3 is 14.5 Å². The first-order valence-corrected chi connectivity index (χ1v) is 13.5. The minimum absolute atomic E-state index is 0.0439. The summed E-state index contributed by atoms with van der Waals surface area (Å²) >= 11 is 1.10. The van der Waals surface area contributed by atoms with Crippen molar-refractivity contribution in [2.45, 2.75) is 6.54 Å². The Bertz CT molecular complexity index is 1720. The van der Waals surface area contributed by atoms with Crippen LogP contribution in [0.25, 0.3) is 6.08 Å². The van der Waals surface area contributed by atoms with Crippen LogP contribution in [0.3, 0.4) is 0 Å². The minimum Gasteiger partial charge on any atom is -0.483 e. The number of amidine groups is 1. The molecule has 1 fully saturated rings. The van der Waals surface area contributed by atoms with E-state index in [1.807, 2.05) is 0 Å². The molecule has 5 rings (SSSR count). The Kier molecular flexibility index (Phi) is 9.02. The van der Waals surface area contributed by atoms with E-state index in [2.05, 4.69) is 15.5 Å². The second kappa shape index (κ2) is 13.4. The molecule has 216 valence electrons. The summed E-state index contributed by atoms with van der Waals surface area (Å²) in [6, 6.07) is 21.5. The average molecular weight is 600 g/mol. The Morgan fingerprint density at radius 3 is 2.56 bits per heavy atom. The highest BCUT2D eigenvalue weighted by Gasteiger charge is 2.34. The Morgan fingerprint density at radius 1 is 1.07 bits per heavy atom. The van der Waals surface area contributed by atoms with Crippen LogP contribution >= 0.6 is 11.8 Å². The monoisotopic (exact) mass is 599 g/mol.